The smallest absolute Gasteiger partial charge is 0.343 e. The average molecular weight is 588 g/mol. The fourth-order valence-corrected chi connectivity index (χ4v) is 4.49. The van der Waals surface area contributed by atoms with Crippen molar-refractivity contribution in [3.8, 4) is 11.5 Å². The summed E-state index contributed by atoms with van der Waals surface area (Å²) in [6.07, 6.45) is 3.34. The van der Waals surface area contributed by atoms with Gasteiger partial charge in [-0.05, 0) is 93.7 Å². The summed E-state index contributed by atoms with van der Waals surface area (Å²) in [5.41, 5.74) is 1.79. The highest BCUT2D eigenvalue weighted by Gasteiger charge is 2.23. The molecule has 138 valence electrons. The van der Waals surface area contributed by atoms with Crippen LogP contribution in [0.15, 0.2) is 48.0 Å². The third-order valence-electron chi connectivity index (χ3n) is 3.69. The summed E-state index contributed by atoms with van der Waals surface area (Å²) in [5.74, 6) is 0.734. The largest absolute Gasteiger partial charge is 0.497 e. The molecule has 5 nitrogen and oxygen atoms in total. The zero-order chi connectivity index (χ0) is 19.6. The molecule has 0 fully saturated rings. The predicted molar refractivity (Wildman–Crippen MR) is 118 cm³/mol. The van der Waals surface area contributed by atoms with Crippen LogP contribution in [0.2, 0.25) is 0 Å². The standard InChI is InChI=1S/C20H14I2O5/c1-11(23)26-19-13(8-15(21)10-17(19)22)7-14-9-18(27-20(14)24)12-3-5-16(25-2)6-4-12/h3-10H,1-2H3/b14-7+. The molecule has 0 bridgehead atoms. The van der Waals surface area contributed by atoms with E-state index in [1.807, 2.05) is 24.3 Å². The minimum Gasteiger partial charge on any atom is -0.497 e. The Bertz CT molecular complexity index is 975. The second kappa shape index (κ2) is 8.42. The molecular weight excluding hydrogens is 574 g/mol. The van der Waals surface area contributed by atoms with Gasteiger partial charge in [0.2, 0.25) is 0 Å². The van der Waals surface area contributed by atoms with E-state index in [9.17, 15) is 9.59 Å². The van der Waals surface area contributed by atoms with Crippen molar-refractivity contribution in [1.82, 2.24) is 0 Å². The molecule has 2 aromatic carbocycles. The maximum atomic E-state index is 12.3. The lowest BCUT2D eigenvalue weighted by Crippen LogP contribution is -2.05. The van der Waals surface area contributed by atoms with Crippen LogP contribution in [0.5, 0.6) is 11.5 Å². The molecule has 0 saturated heterocycles. The first-order valence-corrected chi connectivity index (χ1v) is 10.0. The number of carbonyl (C=O) groups excluding carboxylic acids is 2. The SMILES string of the molecule is COc1ccc(C2=C/C(=C\c3cc(I)cc(I)c3OC(C)=O)C(=O)O2)cc1. The van der Waals surface area contributed by atoms with Gasteiger partial charge in [0.1, 0.15) is 11.5 Å². The number of cyclic esters (lactones) is 1. The van der Waals surface area contributed by atoms with E-state index in [0.717, 1.165) is 18.5 Å². The number of hydrogen-bond donors (Lipinski definition) is 0. The Morgan fingerprint density at radius 2 is 1.85 bits per heavy atom. The predicted octanol–water partition coefficient (Wildman–Crippen LogP) is 4.81. The summed E-state index contributed by atoms with van der Waals surface area (Å²) in [7, 11) is 1.59. The molecule has 0 aromatic heterocycles. The third kappa shape index (κ3) is 4.70. The zero-order valence-electron chi connectivity index (χ0n) is 14.4. The van der Waals surface area contributed by atoms with Gasteiger partial charge in [0.05, 0.1) is 16.3 Å². The van der Waals surface area contributed by atoms with Gasteiger partial charge in [-0.25, -0.2) is 4.79 Å². The summed E-state index contributed by atoms with van der Waals surface area (Å²) in [6, 6.07) is 11.0. The Hall–Kier alpha value is -1.88. The average Bonchev–Trinajstić information content (AvgIpc) is 2.98. The van der Waals surface area contributed by atoms with Crippen LogP contribution in [0.3, 0.4) is 0 Å². The second-order valence-corrected chi connectivity index (χ2v) is 8.03. The van der Waals surface area contributed by atoms with Gasteiger partial charge in [0, 0.05) is 21.6 Å². The van der Waals surface area contributed by atoms with Crippen LogP contribution in [0, 0.1) is 7.14 Å². The van der Waals surface area contributed by atoms with Crippen LogP contribution in [0.25, 0.3) is 11.8 Å². The molecule has 1 heterocycles. The molecule has 0 spiro atoms. The lowest BCUT2D eigenvalue weighted by molar-refractivity contribution is -0.132. The molecule has 0 radical (unpaired) electrons. The van der Waals surface area contributed by atoms with Crippen molar-refractivity contribution in [3.63, 3.8) is 0 Å². The molecule has 0 unspecified atom stereocenters. The first-order chi connectivity index (χ1) is 12.9. The maximum absolute atomic E-state index is 12.3. The van der Waals surface area contributed by atoms with E-state index in [-0.39, 0.29) is 0 Å². The number of benzene rings is 2. The second-order valence-electron chi connectivity index (χ2n) is 5.63. The third-order valence-corrected chi connectivity index (χ3v) is 5.12. The van der Waals surface area contributed by atoms with Crippen molar-refractivity contribution in [3.05, 3.63) is 66.3 Å². The number of methoxy groups -OCH3 is 1. The highest BCUT2D eigenvalue weighted by atomic mass is 127. The van der Waals surface area contributed by atoms with Crippen molar-refractivity contribution in [2.45, 2.75) is 6.92 Å². The Morgan fingerprint density at radius 1 is 1.15 bits per heavy atom. The Morgan fingerprint density at radius 3 is 2.48 bits per heavy atom. The highest BCUT2D eigenvalue weighted by Crippen LogP contribution is 2.33. The van der Waals surface area contributed by atoms with E-state index in [0.29, 0.717) is 22.6 Å². The van der Waals surface area contributed by atoms with Crippen molar-refractivity contribution >= 4 is 69.0 Å². The summed E-state index contributed by atoms with van der Waals surface area (Å²) in [4.78, 5) is 23.7. The van der Waals surface area contributed by atoms with Crippen LogP contribution < -0.4 is 9.47 Å². The quantitative estimate of drug-likeness (QED) is 0.222. The van der Waals surface area contributed by atoms with Gasteiger partial charge in [-0.1, -0.05) is 0 Å². The Kier molecular flexibility index (Phi) is 6.20. The minimum atomic E-state index is -0.455. The monoisotopic (exact) mass is 588 g/mol. The molecule has 0 aliphatic carbocycles. The number of carbonyl (C=O) groups is 2. The van der Waals surface area contributed by atoms with Crippen molar-refractivity contribution in [2.75, 3.05) is 7.11 Å². The number of ether oxygens (including phenoxy) is 3. The molecule has 1 aliphatic heterocycles. The summed E-state index contributed by atoms with van der Waals surface area (Å²) < 4.78 is 17.6. The number of halogens is 2. The Balaban J connectivity index is 2.00. The van der Waals surface area contributed by atoms with Crippen molar-refractivity contribution in [1.29, 1.82) is 0 Å². The molecular formula is C20H14I2O5. The van der Waals surface area contributed by atoms with Gasteiger partial charge >= 0.3 is 11.9 Å². The van der Waals surface area contributed by atoms with E-state index < -0.39 is 11.9 Å². The summed E-state index contributed by atoms with van der Waals surface area (Å²) in [5, 5.41) is 0. The van der Waals surface area contributed by atoms with E-state index in [1.165, 1.54) is 6.92 Å². The van der Waals surface area contributed by atoms with Crippen LogP contribution in [-0.4, -0.2) is 19.0 Å². The zero-order valence-corrected chi connectivity index (χ0v) is 18.7. The van der Waals surface area contributed by atoms with Crippen molar-refractivity contribution in [2.24, 2.45) is 0 Å². The Labute approximate surface area is 183 Å². The first-order valence-electron chi connectivity index (χ1n) is 7.85. The van der Waals surface area contributed by atoms with E-state index in [4.69, 9.17) is 14.2 Å². The van der Waals surface area contributed by atoms with E-state index in [1.54, 1.807) is 31.4 Å². The first kappa shape index (κ1) is 19.9. The van der Waals surface area contributed by atoms with Crippen LogP contribution in [0.1, 0.15) is 18.1 Å². The van der Waals surface area contributed by atoms with Gasteiger partial charge in [-0.3, -0.25) is 4.79 Å². The number of rotatable bonds is 4. The summed E-state index contributed by atoms with van der Waals surface area (Å²) in [6.45, 7) is 1.34. The van der Waals surface area contributed by atoms with Crippen molar-refractivity contribution < 1.29 is 23.8 Å². The van der Waals surface area contributed by atoms with Gasteiger partial charge in [0.15, 0.2) is 5.75 Å². The number of esters is 2. The number of hydrogen-bond acceptors (Lipinski definition) is 5. The normalized spacial score (nSPS) is 14.7. The molecule has 1 aliphatic rings. The molecule has 0 saturated carbocycles. The molecule has 0 N–H and O–H groups in total. The fraction of sp³-hybridized carbons (Fsp3) is 0.100. The molecule has 7 heteroatoms. The lowest BCUT2D eigenvalue weighted by Gasteiger charge is -2.09. The fourth-order valence-electron chi connectivity index (χ4n) is 2.49. The van der Waals surface area contributed by atoms with Gasteiger partial charge in [0.25, 0.3) is 0 Å². The van der Waals surface area contributed by atoms with Crippen LogP contribution in [-0.2, 0) is 14.3 Å². The molecule has 0 atom stereocenters. The molecule has 0 amide bonds. The lowest BCUT2D eigenvalue weighted by atomic mass is 10.1. The molecule has 27 heavy (non-hydrogen) atoms. The van der Waals surface area contributed by atoms with Gasteiger partial charge < -0.3 is 14.2 Å². The van der Waals surface area contributed by atoms with Gasteiger partial charge in [-0.15, -0.1) is 0 Å². The van der Waals surface area contributed by atoms with Crippen LogP contribution in [0.4, 0.5) is 0 Å². The van der Waals surface area contributed by atoms with E-state index in [2.05, 4.69) is 45.2 Å². The molecule has 3 rings (SSSR count). The summed E-state index contributed by atoms with van der Waals surface area (Å²) >= 11 is 4.28. The maximum Gasteiger partial charge on any atom is 0.343 e. The molecule has 2 aromatic rings. The van der Waals surface area contributed by atoms with Crippen LogP contribution >= 0.6 is 45.2 Å². The van der Waals surface area contributed by atoms with E-state index >= 15 is 0 Å². The topological polar surface area (TPSA) is 61.8 Å². The van der Waals surface area contributed by atoms with Gasteiger partial charge in [-0.2, -0.15) is 0 Å². The highest BCUT2D eigenvalue weighted by molar-refractivity contribution is 14.1. The minimum absolute atomic E-state index is 0.382.